The first-order chi connectivity index (χ1) is 8.26. The van der Waals surface area contributed by atoms with Gasteiger partial charge in [0.05, 0.1) is 25.2 Å². The number of rotatable bonds is 2. The van der Waals surface area contributed by atoms with Gasteiger partial charge in [-0.25, -0.2) is 0 Å². The van der Waals surface area contributed by atoms with Crippen LogP contribution in [0.5, 0.6) is 5.75 Å². The zero-order valence-electron chi connectivity index (χ0n) is 9.65. The van der Waals surface area contributed by atoms with Crippen molar-refractivity contribution >= 4 is 15.9 Å². The molecule has 0 N–H and O–H groups in total. The maximum atomic E-state index is 9.16. The number of hydrogen-bond donors (Lipinski definition) is 0. The van der Waals surface area contributed by atoms with Gasteiger partial charge in [0.15, 0.2) is 0 Å². The molecular weight excluding hydrogens is 282 g/mol. The van der Waals surface area contributed by atoms with E-state index in [2.05, 4.69) is 22.0 Å². The van der Waals surface area contributed by atoms with Crippen LogP contribution in [0.1, 0.15) is 24.5 Å². The maximum absolute atomic E-state index is 9.16. The second-order valence-corrected chi connectivity index (χ2v) is 4.91. The summed E-state index contributed by atoms with van der Waals surface area (Å²) >= 11 is 3.51. The predicted molar refractivity (Wildman–Crippen MR) is 67.7 cm³/mol. The first-order valence-corrected chi connectivity index (χ1v) is 6.40. The largest absolute Gasteiger partial charge is 0.497 e. The summed E-state index contributed by atoms with van der Waals surface area (Å²) in [6, 6.07) is 8.08. The fourth-order valence-electron chi connectivity index (χ4n) is 2.09. The van der Waals surface area contributed by atoms with E-state index in [1.807, 2.05) is 18.2 Å². The van der Waals surface area contributed by atoms with E-state index in [4.69, 9.17) is 14.7 Å². The molecule has 1 fully saturated rings. The van der Waals surface area contributed by atoms with Crippen molar-refractivity contribution < 1.29 is 9.47 Å². The summed E-state index contributed by atoms with van der Waals surface area (Å²) in [6.45, 7) is 0.715. The van der Waals surface area contributed by atoms with Crippen LogP contribution in [0, 0.1) is 17.2 Å². The molecule has 3 nitrogen and oxygen atoms in total. The average Bonchev–Trinajstić information content (AvgIpc) is 2.39. The third-order valence-corrected chi connectivity index (χ3v) is 3.72. The Kier molecular flexibility index (Phi) is 4.03. The van der Waals surface area contributed by atoms with E-state index in [1.54, 1.807) is 7.11 Å². The molecule has 90 valence electrons. The van der Waals surface area contributed by atoms with Crippen LogP contribution in [0.2, 0.25) is 0 Å². The molecule has 17 heavy (non-hydrogen) atoms. The summed E-state index contributed by atoms with van der Waals surface area (Å²) in [5, 5.41) is 9.16. The van der Waals surface area contributed by atoms with E-state index >= 15 is 0 Å². The molecule has 2 rings (SSSR count). The monoisotopic (exact) mass is 295 g/mol. The van der Waals surface area contributed by atoms with E-state index in [-0.39, 0.29) is 12.0 Å². The number of nitriles is 1. The van der Waals surface area contributed by atoms with Gasteiger partial charge in [-0.2, -0.15) is 5.26 Å². The number of halogens is 1. The smallest absolute Gasteiger partial charge is 0.119 e. The molecule has 4 heteroatoms. The van der Waals surface area contributed by atoms with E-state index < -0.39 is 0 Å². The second kappa shape index (κ2) is 5.52. The molecule has 0 spiro atoms. The quantitative estimate of drug-likeness (QED) is 0.839. The van der Waals surface area contributed by atoms with Crippen molar-refractivity contribution in [3.05, 3.63) is 28.2 Å². The predicted octanol–water partition coefficient (Wildman–Crippen LogP) is 3.45. The normalized spacial score (nSPS) is 24.1. The number of ether oxygens (including phenoxy) is 2. The third kappa shape index (κ3) is 2.62. The van der Waals surface area contributed by atoms with Crippen LogP contribution in [0.15, 0.2) is 22.7 Å². The zero-order chi connectivity index (χ0) is 12.3. The number of hydrogen-bond acceptors (Lipinski definition) is 3. The Morgan fingerprint density at radius 1 is 1.53 bits per heavy atom. The molecule has 0 aliphatic carbocycles. The highest BCUT2D eigenvalue weighted by atomic mass is 79.9. The lowest BCUT2D eigenvalue weighted by Gasteiger charge is -2.28. The molecule has 1 heterocycles. The highest BCUT2D eigenvalue weighted by Gasteiger charge is 2.29. The molecule has 0 aromatic heterocycles. The van der Waals surface area contributed by atoms with Crippen LogP contribution in [-0.2, 0) is 4.74 Å². The van der Waals surface area contributed by atoms with Gasteiger partial charge in [0.25, 0.3) is 0 Å². The molecule has 2 atom stereocenters. The summed E-state index contributed by atoms with van der Waals surface area (Å²) in [7, 11) is 1.64. The van der Waals surface area contributed by atoms with Crippen LogP contribution < -0.4 is 4.74 Å². The van der Waals surface area contributed by atoms with E-state index in [0.717, 1.165) is 28.6 Å². The fraction of sp³-hybridized carbons (Fsp3) is 0.462. The van der Waals surface area contributed by atoms with Gasteiger partial charge >= 0.3 is 0 Å². The zero-order valence-corrected chi connectivity index (χ0v) is 11.2. The lowest BCUT2D eigenvalue weighted by molar-refractivity contribution is -0.0107. The SMILES string of the molecule is COc1ccc(Br)c(C2OCCCC2C#N)c1. The minimum atomic E-state index is -0.154. The second-order valence-electron chi connectivity index (χ2n) is 4.06. The van der Waals surface area contributed by atoms with Crippen molar-refractivity contribution in [2.45, 2.75) is 18.9 Å². The van der Waals surface area contributed by atoms with Crippen molar-refractivity contribution in [1.29, 1.82) is 5.26 Å². The van der Waals surface area contributed by atoms with Crippen LogP contribution in [0.4, 0.5) is 0 Å². The molecule has 1 aromatic carbocycles. The Hall–Kier alpha value is -1.05. The Labute approximate surface area is 109 Å². The van der Waals surface area contributed by atoms with Gasteiger partial charge in [-0.1, -0.05) is 15.9 Å². The van der Waals surface area contributed by atoms with Crippen molar-refractivity contribution in [2.75, 3.05) is 13.7 Å². The van der Waals surface area contributed by atoms with Gasteiger partial charge in [-0.15, -0.1) is 0 Å². The summed E-state index contributed by atoms with van der Waals surface area (Å²) in [4.78, 5) is 0. The van der Waals surface area contributed by atoms with Crippen LogP contribution in [0.25, 0.3) is 0 Å². The lowest BCUT2D eigenvalue weighted by Crippen LogP contribution is -2.21. The molecule has 1 aliphatic heterocycles. The minimum Gasteiger partial charge on any atom is -0.497 e. The van der Waals surface area contributed by atoms with Crippen molar-refractivity contribution in [3.63, 3.8) is 0 Å². The Bertz CT molecular complexity index is 442. The molecule has 1 aromatic rings. The van der Waals surface area contributed by atoms with Crippen LogP contribution in [0.3, 0.4) is 0 Å². The molecule has 2 unspecified atom stereocenters. The van der Waals surface area contributed by atoms with Crippen molar-refractivity contribution in [2.24, 2.45) is 5.92 Å². The van der Waals surface area contributed by atoms with Crippen LogP contribution in [-0.4, -0.2) is 13.7 Å². The van der Waals surface area contributed by atoms with Crippen LogP contribution >= 0.6 is 15.9 Å². The molecule has 0 amide bonds. The Morgan fingerprint density at radius 3 is 3.06 bits per heavy atom. The molecule has 0 radical (unpaired) electrons. The fourth-order valence-corrected chi connectivity index (χ4v) is 2.56. The van der Waals surface area contributed by atoms with Gasteiger partial charge in [0.1, 0.15) is 5.75 Å². The summed E-state index contributed by atoms with van der Waals surface area (Å²) in [5.41, 5.74) is 0.996. The highest BCUT2D eigenvalue weighted by Crippen LogP contribution is 2.38. The molecule has 0 saturated carbocycles. The first-order valence-electron chi connectivity index (χ1n) is 5.61. The number of benzene rings is 1. The van der Waals surface area contributed by atoms with Gasteiger partial charge in [0, 0.05) is 11.1 Å². The van der Waals surface area contributed by atoms with E-state index in [9.17, 15) is 0 Å². The van der Waals surface area contributed by atoms with Crippen molar-refractivity contribution in [1.82, 2.24) is 0 Å². The Morgan fingerprint density at radius 2 is 2.35 bits per heavy atom. The molecule has 1 saturated heterocycles. The van der Waals surface area contributed by atoms with Crippen molar-refractivity contribution in [3.8, 4) is 11.8 Å². The highest BCUT2D eigenvalue weighted by molar-refractivity contribution is 9.10. The maximum Gasteiger partial charge on any atom is 0.119 e. The summed E-state index contributed by atoms with van der Waals surface area (Å²) < 4.78 is 11.9. The summed E-state index contributed by atoms with van der Waals surface area (Å²) in [6.07, 6.45) is 1.69. The number of nitrogens with zero attached hydrogens (tertiary/aromatic N) is 1. The van der Waals surface area contributed by atoms with Gasteiger partial charge in [-0.05, 0) is 36.6 Å². The molecular formula is C13H14BrNO2. The first kappa shape index (κ1) is 12.4. The van der Waals surface area contributed by atoms with Gasteiger partial charge in [-0.3, -0.25) is 0 Å². The molecule has 1 aliphatic rings. The van der Waals surface area contributed by atoms with E-state index in [1.165, 1.54) is 0 Å². The third-order valence-electron chi connectivity index (χ3n) is 3.00. The minimum absolute atomic E-state index is 0.0767. The standard InChI is InChI=1S/C13H14BrNO2/c1-16-10-4-5-12(14)11(7-10)13-9(8-15)3-2-6-17-13/h4-5,7,9,13H,2-3,6H2,1H3. The Balaban J connectivity index is 2.34. The molecule has 0 bridgehead atoms. The van der Waals surface area contributed by atoms with Gasteiger partial charge in [0.2, 0.25) is 0 Å². The van der Waals surface area contributed by atoms with E-state index in [0.29, 0.717) is 6.61 Å². The van der Waals surface area contributed by atoms with Gasteiger partial charge < -0.3 is 9.47 Å². The topological polar surface area (TPSA) is 42.2 Å². The average molecular weight is 296 g/mol. The number of methoxy groups -OCH3 is 1. The summed E-state index contributed by atoms with van der Waals surface area (Å²) in [5.74, 6) is 0.709. The lowest BCUT2D eigenvalue weighted by atomic mass is 9.90.